The summed E-state index contributed by atoms with van der Waals surface area (Å²) in [5.41, 5.74) is 17.4. The average Bonchev–Trinajstić information content (AvgIpc) is 2.80. The highest BCUT2D eigenvalue weighted by molar-refractivity contribution is 6.21. The Morgan fingerprint density at radius 2 is 2.18 bits per heavy atom. The molecule has 0 atom stereocenters. The number of nitrogens with zero attached hydrogens (tertiary/aromatic N) is 1. The maximum atomic E-state index is 11.5. The van der Waals surface area contributed by atoms with Crippen molar-refractivity contribution in [1.82, 2.24) is 4.98 Å². The van der Waals surface area contributed by atoms with Crippen molar-refractivity contribution in [1.29, 1.82) is 0 Å². The second-order valence-corrected chi connectivity index (χ2v) is 4.46. The fourth-order valence-electron chi connectivity index (χ4n) is 2.73. The van der Waals surface area contributed by atoms with E-state index in [0.717, 1.165) is 28.9 Å². The zero-order valence-electron chi connectivity index (χ0n) is 9.58. The number of nitrogens with two attached hydrogens (primary N) is 2. The largest absolute Gasteiger partial charge is 0.401 e. The second kappa shape index (κ2) is 3.20. The zero-order valence-corrected chi connectivity index (χ0v) is 9.58. The highest BCUT2D eigenvalue weighted by atomic mass is 16.1. The van der Waals surface area contributed by atoms with Gasteiger partial charge in [-0.15, -0.1) is 0 Å². The van der Waals surface area contributed by atoms with Gasteiger partial charge in [-0.05, 0) is 30.5 Å². The average molecular weight is 227 g/mol. The predicted molar refractivity (Wildman–Crippen MR) is 65.7 cm³/mol. The van der Waals surface area contributed by atoms with Gasteiger partial charge in [-0.2, -0.15) is 0 Å². The number of aromatic nitrogens is 1. The highest BCUT2D eigenvalue weighted by Crippen LogP contribution is 2.37. The minimum atomic E-state index is -0.461. The summed E-state index contributed by atoms with van der Waals surface area (Å²) in [7, 11) is 0. The van der Waals surface area contributed by atoms with E-state index in [1.54, 1.807) is 0 Å². The van der Waals surface area contributed by atoms with Crippen molar-refractivity contribution < 1.29 is 4.79 Å². The molecule has 0 bridgehead atoms. The summed E-state index contributed by atoms with van der Waals surface area (Å²) >= 11 is 0. The van der Waals surface area contributed by atoms with Gasteiger partial charge >= 0.3 is 0 Å². The van der Waals surface area contributed by atoms with Crippen LogP contribution in [0.25, 0.3) is 11.6 Å². The monoisotopic (exact) mass is 227 g/mol. The Bertz CT molecular complexity index is 612. The number of rotatable bonds is 1. The maximum absolute atomic E-state index is 11.5. The van der Waals surface area contributed by atoms with Crippen LogP contribution in [0.15, 0.2) is 11.8 Å². The normalized spacial score (nSPS) is 16.3. The molecule has 4 N–H and O–H groups in total. The van der Waals surface area contributed by atoms with Crippen LogP contribution in [0, 0.1) is 6.92 Å². The van der Waals surface area contributed by atoms with Crippen molar-refractivity contribution in [3.63, 3.8) is 0 Å². The van der Waals surface area contributed by atoms with E-state index >= 15 is 0 Å². The number of hydrogen-bond donors (Lipinski definition) is 2. The summed E-state index contributed by atoms with van der Waals surface area (Å²) in [5.74, 6) is -0.461. The van der Waals surface area contributed by atoms with Gasteiger partial charge in [0.1, 0.15) is 0 Å². The van der Waals surface area contributed by atoms with Crippen LogP contribution in [0.2, 0.25) is 0 Å². The molecule has 0 fully saturated rings. The van der Waals surface area contributed by atoms with Crippen LogP contribution < -0.4 is 11.5 Å². The first kappa shape index (κ1) is 10.1. The summed E-state index contributed by atoms with van der Waals surface area (Å²) in [6, 6.07) is 0. The minimum absolute atomic E-state index is 0.458. The standard InChI is InChI=1S/C13H13N3O/c1-6-11-8(5-9(14)12(11)13(15)17)7-3-2-4-10(7)16-6/h2,4H,3,5,14H2,1H3,(H2,15,17). The van der Waals surface area contributed by atoms with Gasteiger partial charge in [0.15, 0.2) is 0 Å². The molecule has 3 rings (SSSR count). The first-order valence-electron chi connectivity index (χ1n) is 5.57. The van der Waals surface area contributed by atoms with E-state index in [1.165, 1.54) is 5.56 Å². The van der Waals surface area contributed by atoms with Gasteiger partial charge < -0.3 is 11.5 Å². The molecular weight excluding hydrogens is 214 g/mol. The van der Waals surface area contributed by atoms with E-state index in [1.807, 2.05) is 13.0 Å². The minimum Gasteiger partial charge on any atom is -0.401 e. The van der Waals surface area contributed by atoms with E-state index in [0.29, 0.717) is 17.7 Å². The number of amides is 1. The van der Waals surface area contributed by atoms with Crippen LogP contribution in [0.4, 0.5) is 0 Å². The lowest BCUT2D eigenvalue weighted by molar-refractivity contribution is -0.112. The zero-order chi connectivity index (χ0) is 12.2. The molecule has 1 heterocycles. The first-order chi connectivity index (χ1) is 8.09. The van der Waals surface area contributed by atoms with Crippen LogP contribution >= 0.6 is 0 Å². The lowest BCUT2D eigenvalue weighted by Crippen LogP contribution is -2.16. The van der Waals surface area contributed by atoms with Gasteiger partial charge in [0.2, 0.25) is 0 Å². The molecule has 1 amide bonds. The van der Waals surface area contributed by atoms with Crippen LogP contribution in [0.3, 0.4) is 0 Å². The van der Waals surface area contributed by atoms with Crippen LogP contribution in [-0.4, -0.2) is 10.9 Å². The molecule has 0 aromatic carbocycles. The predicted octanol–water partition coefficient (Wildman–Crippen LogP) is 0.671. The Hall–Kier alpha value is -2.10. The summed E-state index contributed by atoms with van der Waals surface area (Å²) in [5, 5.41) is 0. The van der Waals surface area contributed by atoms with E-state index in [9.17, 15) is 4.79 Å². The fourth-order valence-corrected chi connectivity index (χ4v) is 2.73. The molecule has 0 aliphatic heterocycles. The molecule has 0 unspecified atom stereocenters. The summed E-state index contributed by atoms with van der Waals surface area (Å²) in [6.07, 6.45) is 5.57. The molecule has 86 valence electrons. The van der Waals surface area contributed by atoms with Gasteiger partial charge in [-0.1, -0.05) is 6.08 Å². The number of carbonyl (C=O) groups excluding carboxylic acids is 1. The van der Waals surface area contributed by atoms with Crippen LogP contribution in [-0.2, 0) is 17.6 Å². The molecular formula is C13H13N3O. The first-order valence-corrected chi connectivity index (χ1v) is 5.57. The molecule has 0 saturated heterocycles. The topological polar surface area (TPSA) is 82.0 Å². The van der Waals surface area contributed by atoms with E-state index < -0.39 is 5.91 Å². The number of aryl methyl sites for hydroxylation is 1. The van der Waals surface area contributed by atoms with Crippen LogP contribution in [0.5, 0.6) is 0 Å². The van der Waals surface area contributed by atoms with Crippen molar-refractivity contribution in [2.45, 2.75) is 19.8 Å². The third-order valence-corrected chi connectivity index (χ3v) is 3.41. The molecule has 0 spiro atoms. The summed E-state index contributed by atoms with van der Waals surface area (Å²) < 4.78 is 0. The summed E-state index contributed by atoms with van der Waals surface area (Å²) in [4.78, 5) is 16.0. The molecule has 0 saturated carbocycles. The van der Waals surface area contributed by atoms with Crippen molar-refractivity contribution in [3.8, 4) is 0 Å². The van der Waals surface area contributed by atoms with Crippen molar-refractivity contribution >= 4 is 17.6 Å². The molecule has 0 radical (unpaired) electrons. The Balaban J connectivity index is 2.29. The van der Waals surface area contributed by atoms with Crippen molar-refractivity contribution in [2.24, 2.45) is 11.5 Å². The molecule has 4 heteroatoms. The maximum Gasteiger partial charge on any atom is 0.251 e. The Kier molecular flexibility index (Phi) is 1.90. The van der Waals surface area contributed by atoms with Crippen molar-refractivity contribution in [2.75, 3.05) is 0 Å². The van der Waals surface area contributed by atoms with Gasteiger partial charge in [0.05, 0.1) is 11.3 Å². The number of primary amides is 1. The van der Waals surface area contributed by atoms with Gasteiger partial charge in [-0.3, -0.25) is 9.78 Å². The quantitative estimate of drug-likeness (QED) is 0.739. The number of hydrogen-bond acceptors (Lipinski definition) is 3. The highest BCUT2D eigenvalue weighted by Gasteiger charge is 2.30. The molecule has 4 nitrogen and oxygen atoms in total. The Morgan fingerprint density at radius 3 is 2.88 bits per heavy atom. The lowest BCUT2D eigenvalue weighted by atomic mass is 9.98. The smallest absolute Gasteiger partial charge is 0.251 e. The third kappa shape index (κ3) is 1.24. The van der Waals surface area contributed by atoms with Crippen LogP contribution in [0.1, 0.15) is 28.1 Å². The lowest BCUT2D eigenvalue weighted by Gasteiger charge is -2.11. The molecule has 1 aromatic rings. The summed E-state index contributed by atoms with van der Waals surface area (Å²) in [6.45, 7) is 1.90. The number of allylic oxidation sites excluding steroid dienone is 2. The van der Waals surface area contributed by atoms with Gasteiger partial charge in [0, 0.05) is 23.4 Å². The molecule has 1 aromatic heterocycles. The van der Waals surface area contributed by atoms with Crippen molar-refractivity contribution in [3.05, 3.63) is 39.9 Å². The SMILES string of the molecule is Cc1nc2c(c3c1C(C(N)=O)=C(N)C3)CC=C2. The third-order valence-electron chi connectivity index (χ3n) is 3.41. The Morgan fingerprint density at radius 1 is 1.41 bits per heavy atom. The number of carbonyl (C=O) groups is 1. The fraction of sp³-hybridized carbons (Fsp3) is 0.231. The second-order valence-electron chi connectivity index (χ2n) is 4.46. The molecule has 2 aliphatic carbocycles. The van der Waals surface area contributed by atoms with E-state index in [4.69, 9.17) is 11.5 Å². The van der Waals surface area contributed by atoms with Gasteiger partial charge in [0.25, 0.3) is 5.91 Å². The molecule has 2 aliphatic rings. The Labute approximate surface area is 99.0 Å². The van der Waals surface area contributed by atoms with E-state index in [-0.39, 0.29) is 0 Å². The number of pyridine rings is 1. The number of fused-ring (bicyclic) bond motifs is 3. The molecule has 17 heavy (non-hydrogen) atoms. The van der Waals surface area contributed by atoms with Gasteiger partial charge in [-0.25, -0.2) is 0 Å². The van der Waals surface area contributed by atoms with E-state index in [2.05, 4.69) is 11.1 Å².